The normalized spacial score (nSPS) is 10.7. The summed E-state index contributed by atoms with van der Waals surface area (Å²) >= 11 is 0. The van der Waals surface area contributed by atoms with Crippen LogP contribution in [0.25, 0.3) is 0 Å². The molecule has 0 saturated heterocycles. The Labute approximate surface area is 121 Å². The molecule has 0 bridgehead atoms. The van der Waals surface area contributed by atoms with Gasteiger partial charge in [0.1, 0.15) is 6.61 Å². The predicted molar refractivity (Wildman–Crippen MR) is 72.2 cm³/mol. The van der Waals surface area contributed by atoms with Gasteiger partial charge in [0.2, 0.25) is 5.91 Å². The summed E-state index contributed by atoms with van der Waals surface area (Å²) in [5, 5.41) is 8.69. The molecule has 0 atom stereocenters. The van der Waals surface area contributed by atoms with Crippen molar-refractivity contribution < 1.29 is 23.1 Å². The van der Waals surface area contributed by atoms with Gasteiger partial charge in [0.25, 0.3) is 0 Å². The largest absolute Gasteiger partial charge is 0.389 e. The van der Waals surface area contributed by atoms with E-state index in [0.717, 1.165) is 5.56 Å². The van der Waals surface area contributed by atoms with Gasteiger partial charge in [-0.3, -0.25) is 4.79 Å². The van der Waals surface area contributed by atoms with Crippen molar-refractivity contribution in [1.29, 1.82) is 0 Å². The minimum absolute atomic E-state index is 0.174. The molecule has 1 aromatic rings. The Balaban J connectivity index is 2.70. The maximum absolute atomic E-state index is 12.1. The first-order chi connectivity index (χ1) is 9.83. The van der Waals surface area contributed by atoms with Crippen molar-refractivity contribution in [3.05, 3.63) is 35.4 Å². The Hall–Kier alpha value is -2.00. The number of hydrogen-bond acceptors (Lipinski definition) is 2. The van der Waals surface area contributed by atoms with Crippen LogP contribution in [0.4, 0.5) is 13.2 Å². The van der Waals surface area contributed by atoms with Gasteiger partial charge >= 0.3 is 6.18 Å². The second kappa shape index (κ2) is 7.70. The first-order valence-electron chi connectivity index (χ1n) is 6.32. The molecule has 0 fully saturated rings. The molecule has 0 spiro atoms. The zero-order valence-electron chi connectivity index (χ0n) is 11.6. The number of nitrogens with zero attached hydrogens (tertiary/aromatic N) is 1. The van der Waals surface area contributed by atoms with E-state index in [-0.39, 0.29) is 13.2 Å². The van der Waals surface area contributed by atoms with Crippen LogP contribution in [0.15, 0.2) is 24.3 Å². The Morgan fingerprint density at radius 2 is 2.00 bits per heavy atom. The van der Waals surface area contributed by atoms with Gasteiger partial charge in [-0.1, -0.05) is 30.0 Å². The molecular weight excluding hydrogens is 283 g/mol. The molecule has 0 aliphatic rings. The minimum atomic E-state index is -4.33. The van der Waals surface area contributed by atoms with Gasteiger partial charge in [-0.05, 0) is 11.6 Å². The number of benzene rings is 1. The quantitative estimate of drug-likeness (QED) is 0.867. The fraction of sp³-hybridized carbons (Fsp3) is 0.400. The summed E-state index contributed by atoms with van der Waals surface area (Å²) < 4.78 is 36.3. The van der Waals surface area contributed by atoms with E-state index in [4.69, 9.17) is 5.11 Å². The SMILES string of the molecule is CN(Cc1ccccc1C#CCO)C(=O)CCC(F)(F)F. The molecular formula is C15H16F3NO2. The lowest BCUT2D eigenvalue weighted by Gasteiger charge is -2.18. The maximum Gasteiger partial charge on any atom is 0.389 e. The molecule has 3 nitrogen and oxygen atoms in total. The van der Waals surface area contributed by atoms with Gasteiger partial charge in [0.05, 0.1) is 6.42 Å². The number of alkyl halides is 3. The van der Waals surface area contributed by atoms with E-state index in [1.165, 1.54) is 11.9 Å². The Morgan fingerprint density at radius 1 is 1.33 bits per heavy atom. The fourth-order valence-electron chi connectivity index (χ4n) is 1.70. The molecule has 0 unspecified atom stereocenters. The van der Waals surface area contributed by atoms with Crippen molar-refractivity contribution in [3.63, 3.8) is 0 Å². The number of halogens is 3. The van der Waals surface area contributed by atoms with Gasteiger partial charge in [-0.2, -0.15) is 13.2 Å². The van der Waals surface area contributed by atoms with Crippen LogP contribution in [0.3, 0.4) is 0 Å². The predicted octanol–water partition coefficient (Wildman–Crippen LogP) is 2.33. The minimum Gasteiger partial charge on any atom is -0.384 e. The van der Waals surface area contributed by atoms with Gasteiger partial charge in [0, 0.05) is 25.6 Å². The third kappa shape index (κ3) is 6.32. The van der Waals surface area contributed by atoms with Crippen molar-refractivity contribution >= 4 is 5.91 Å². The molecule has 0 saturated carbocycles. The Morgan fingerprint density at radius 3 is 2.62 bits per heavy atom. The maximum atomic E-state index is 12.1. The van der Waals surface area contributed by atoms with Crippen LogP contribution in [0.1, 0.15) is 24.0 Å². The summed E-state index contributed by atoms with van der Waals surface area (Å²) in [5.41, 5.74) is 1.36. The molecule has 1 amide bonds. The summed E-state index contributed by atoms with van der Waals surface area (Å²) in [6.45, 7) is -0.109. The highest BCUT2D eigenvalue weighted by Crippen LogP contribution is 2.22. The highest BCUT2D eigenvalue weighted by molar-refractivity contribution is 5.76. The summed E-state index contributed by atoms with van der Waals surface area (Å²) in [5.74, 6) is 4.68. The molecule has 114 valence electrons. The first kappa shape index (κ1) is 17.1. The van der Waals surface area contributed by atoms with E-state index in [1.807, 2.05) is 0 Å². The fourth-order valence-corrected chi connectivity index (χ4v) is 1.70. The monoisotopic (exact) mass is 299 g/mol. The number of carbonyl (C=O) groups excluding carboxylic acids is 1. The van der Waals surface area contributed by atoms with Gasteiger partial charge < -0.3 is 10.0 Å². The van der Waals surface area contributed by atoms with Crippen molar-refractivity contribution in [1.82, 2.24) is 4.90 Å². The zero-order chi connectivity index (χ0) is 15.9. The number of rotatable bonds is 4. The topological polar surface area (TPSA) is 40.5 Å². The summed E-state index contributed by atoms with van der Waals surface area (Å²) in [6, 6.07) is 6.99. The van der Waals surface area contributed by atoms with Crippen LogP contribution in [0, 0.1) is 11.8 Å². The smallest absolute Gasteiger partial charge is 0.384 e. The van der Waals surface area contributed by atoms with Crippen LogP contribution in [-0.4, -0.2) is 35.7 Å². The van der Waals surface area contributed by atoms with E-state index in [2.05, 4.69) is 11.8 Å². The number of carbonyl (C=O) groups is 1. The average molecular weight is 299 g/mol. The lowest BCUT2D eigenvalue weighted by molar-refractivity contribution is -0.148. The van der Waals surface area contributed by atoms with E-state index in [0.29, 0.717) is 5.56 Å². The third-order valence-corrected chi connectivity index (χ3v) is 2.78. The Kier molecular flexibility index (Phi) is 6.25. The summed E-state index contributed by atoms with van der Waals surface area (Å²) in [4.78, 5) is 12.9. The van der Waals surface area contributed by atoms with Crippen molar-refractivity contribution in [2.24, 2.45) is 0 Å². The highest BCUT2D eigenvalue weighted by Gasteiger charge is 2.28. The second-order valence-corrected chi connectivity index (χ2v) is 4.48. The van der Waals surface area contributed by atoms with Gasteiger partial charge in [-0.15, -0.1) is 0 Å². The van der Waals surface area contributed by atoms with E-state index in [9.17, 15) is 18.0 Å². The second-order valence-electron chi connectivity index (χ2n) is 4.48. The number of amides is 1. The third-order valence-electron chi connectivity index (χ3n) is 2.78. The first-order valence-corrected chi connectivity index (χ1v) is 6.32. The molecule has 1 rings (SSSR count). The molecule has 0 aliphatic heterocycles. The molecule has 21 heavy (non-hydrogen) atoms. The summed E-state index contributed by atoms with van der Waals surface area (Å²) in [7, 11) is 1.45. The lowest BCUT2D eigenvalue weighted by atomic mass is 10.1. The standard InChI is InChI=1S/C15H16F3NO2/c1-19(14(21)8-9-15(16,17)18)11-13-6-3-2-5-12(13)7-4-10-20/h2-3,5-6,20H,8-11H2,1H3. The van der Waals surface area contributed by atoms with Crippen molar-refractivity contribution in [2.75, 3.05) is 13.7 Å². The number of aliphatic hydroxyl groups excluding tert-OH is 1. The van der Waals surface area contributed by atoms with E-state index >= 15 is 0 Å². The van der Waals surface area contributed by atoms with Crippen LogP contribution in [0.2, 0.25) is 0 Å². The van der Waals surface area contributed by atoms with Crippen LogP contribution < -0.4 is 0 Å². The van der Waals surface area contributed by atoms with Crippen molar-refractivity contribution in [3.8, 4) is 11.8 Å². The average Bonchev–Trinajstić information content (AvgIpc) is 2.43. The van der Waals surface area contributed by atoms with Gasteiger partial charge in [-0.25, -0.2) is 0 Å². The summed E-state index contributed by atoms with van der Waals surface area (Å²) in [6.07, 6.45) is -6.02. The molecule has 0 aromatic heterocycles. The molecule has 6 heteroatoms. The molecule has 1 aromatic carbocycles. The van der Waals surface area contributed by atoms with Crippen LogP contribution in [-0.2, 0) is 11.3 Å². The van der Waals surface area contributed by atoms with E-state index < -0.39 is 24.9 Å². The number of hydrogen-bond donors (Lipinski definition) is 1. The lowest BCUT2D eigenvalue weighted by Crippen LogP contribution is -2.27. The molecule has 0 radical (unpaired) electrons. The molecule has 1 N–H and O–H groups in total. The number of aliphatic hydroxyl groups is 1. The van der Waals surface area contributed by atoms with Gasteiger partial charge in [0.15, 0.2) is 0 Å². The highest BCUT2D eigenvalue weighted by atomic mass is 19.4. The van der Waals surface area contributed by atoms with Crippen LogP contribution in [0.5, 0.6) is 0 Å². The van der Waals surface area contributed by atoms with Crippen molar-refractivity contribution in [2.45, 2.75) is 25.6 Å². The Bertz CT molecular complexity index is 544. The molecule has 0 aliphatic carbocycles. The zero-order valence-corrected chi connectivity index (χ0v) is 11.6. The van der Waals surface area contributed by atoms with Crippen LogP contribution >= 0.6 is 0 Å². The molecule has 0 heterocycles. The van der Waals surface area contributed by atoms with E-state index in [1.54, 1.807) is 24.3 Å².